The summed E-state index contributed by atoms with van der Waals surface area (Å²) >= 11 is 0. The Bertz CT molecular complexity index is 878. The van der Waals surface area contributed by atoms with Gasteiger partial charge in [-0.15, -0.1) is 0 Å². The molecule has 27 heavy (non-hydrogen) atoms. The summed E-state index contributed by atoms with van der Waals surface area (Å²) in [5.41, 5.74) is -7.04. The fourth-order valence-electron chi connectivity index (χ4n) is 2.96. The van der Waals surface area contributed by atoms with Crippen LogP contribution in [0.3, 0.4) is 0 Å². The summed E-state index contributed by atoms with van der Waals surface area (Å²) in [6.45, 7) is 2.56. The number of aliphatic hydroxyl groups is 2. The topological polar surface area (TPSA) is 76.1 Å². The van der Waals surface area contributed by atoms with Crippen LogP contribution >= 0.6 is 0 Å². The van der Waals surface area contributed by atoms with Gasteiger partial charge in [0.2, 0.25) is 11.2 Å². The maximum Gasteiger partial charge on any atom is 0.424 e. The first kappa shape index (κ1) is 19.7. The molecule has 0 saturated carbocycles. The summed E-state index contributed by atoms with van der Waals surface area (Å²) in [6.07, 6.45) is -8.96. The van der Waals surface area contributed by atoms with E-state index in [1.807, 2.05) is 0 Å². The van der Waals surface area contributed by atoms with Gasteiger partial charge in [0, 0.05) is 0 Å². The number of hydrogen-bond acceptors (Lipinski definition) is 4. The van der Waals surface area contributed by atoms with Crippen molar-refractivity contribution in [2.24, 2.45) is 0 Å². The Labute approximate surface area is 149 Å². The van der Waals surface area contributed by atoms with Crippen molar-refractivity contribution < 1.29 is 36.6 Å². The predicted octanol–water partition coefficient (Wildman–Crippen LogP) is 2.86. The van der Waals surface area contributed by atoms with Gasteiger partial charge in [-0.1, -0.05) is 0 Å². The number of rotatable bonds is 2. The third-order valence-electron chi connectivity index (χ3n) is 4.76. The number of fused-ring (bicyclic) bond motifs is 3. The largest absolute Gasteiger partial charge is 0.424 e. The molecular formula is C15H16F6N4O2. The highest BCUT2D eigenvalue weighted by Gasteiger charge is 2.56. The van der Waals surface area contributed by atoms with Crippen molar-refractivity contribution in [2.75, 3.05) is 0 Å². The lowest BCUT2D eigenvalue weighted by molar-refractivity contribution is -0.262. The van der Waals surface area contributed by atoms with Crippen LogP contribution in [-0.4, -0.2) is 41.9 Å². The zero-order valence-corrected chi connectivity index (χ0v) is 14.4. The SMILES string of the molecule is C[C@H]1Cn2nc(C(C)(O)C(F)(F)F)cc2-c2cnc(C(C)(O)C(F)(F)F)n21. The van der Waals surface area contributed by atoms with Crippen molar-refractivity contribution >= 4 is 0 Å². The highest BCUT2D eigenvalue weighted by atomic mass is 19.4. The summed E-state index contributed by atoms with van der Waals surface area (Å²) in [5.74, 6) is -0.672. The molecule has 2 unspecified atom stereocenters. The molecule has 150 valence electrons. The molecule has 0 radical (unpaired) electrons. The standard InChI is InChI=1S/C15H16F6N4O2/c1-7-6-24-8(4-10(23-24)12(2,26)14(16,17)18)9-5-22-11(25(7)9)13(3,27)15(19,20)21/h4-5,7,26-27H,6H2,1-3H3/t7-,12?,13?/m0/s1. The van der Waals surface area contributed by atoms with Gasteiger partial charge in [0.1, 0.15) is 5.69 Å². The molecule has 2 N–H and O–H groups in total. The van der Waals surface area contributed by atoms with E-state index in [2.05, 4.69) is 10.1 Å². The van der Waals surface area contributed by atoms with Crippen LogP contribution in [0.2, 0.25) is 0 Å². The number of halogens is 6. The highest BCUT2D eigenvalue weighted by Crippen LogP contribution is 2.44. The third kappa shape index (κ3) is 2.73. The second kappa shape index (κ2) is 5.47. The molecule has 1 aliphatic rings. The van der Waals surface area contributed by atoms with Gasteiger partial charge in [0.15, 0.2) is 5.82 Å². The summed E-state index contributed by atoms with van der Waals surface area (Å²) in [6, 6.07) is 0.279. The average Bonchev–Trinajstić information content (AvgIpc) is 3.08. The minimum atomic E-state index is -5.00. The summed E-state index contributed by atoms with van der Waals surface area (Å²) < 4.78 is 81.1. The van der Waals surface area contributed by atoms with Gasteiger partial charge in [-0.25, -0.2) is 4.98 Å². The van der Waals surface area contributed by atoms with Crippen molar-refractivity contribution in [1.29, 1.82) is 0 Å². The lowest BCUT2D eigenvalue weighted by Crippen LogP contribution is -2.42. The smallest absolute Gasteiger partial charge is 0.375 e. The number of imidazole rings is 1. The lowest BCUT2D eigenvalue weighted by Gasteiger charge is -2.31. The van der Waals surface area contributed by atoms with Crippen LogP contribution in [0, 0.1) is 0 Å². The van der Waals surface area contributed by atoms with E-state index in [-0.39, 0.29) is 17.9 Å². The fraction of sp³-hybridized carbons (Fsp3) is 0.600. The number of hydrogen-bond donors (Lipinski definition) is 2. The molecule has 0 aliphatic carbocycles. The van der Waals surface area contributed by atoms with Crippen LogP contribution in [0.4, 0.5) is 26.3 Å². The molecule has 0 amide bonds. The number of aromatic nitrogens is 4. The summed E-state index contributed by atoms with van der Waals surface area (Å²) in [4.78, 5) is 3.67. The Morgan fingerprint density at radius 2 is 1.56 bits per heavy atom. The molecule has 0 spiro atoms. The fourth-order valence-corrected chi connectivity index (χ4v) is 2.96. The van der Waals surface area contributed by atoms with Crippen molar-refractivity contribution in [3.05, 3.63) is 23.8 Å². The molecule has 3 atom stereocenters. The quantitative estimate of drug-likeness (QED) is 0.763. The van der Waals surface area contributed by atoms with Gasteiger partial charge >= 0.3 is 12.4 Å². The predicted molar refractivity (Wildman–Crippen MR) is 79.4 cm³/mol. The van der Waals surface area contributed by atoms with Crippen LogP contribution in [-0.2, 0) is 17.7 Å². The molecule has 0 saturated heterocycles. The molecule has 0 fully saturated rings. The molecule has 3 heterocycles. The maximum absolute atomic E-state index is 13.2. The van der Waals surface area contributed by atoms with Crippen LogP contribution < -0.4 is 0 Å². The molecule has 0 bridgehead atoms. The van der Waals surface area contributed by atoms with E-state index in [9.17, 15) is 36.6 Å². The molecular weight excluding hydrogens is 382 g/mol. The van der Waals surface area contributed by atoms with E-state index < -0.39 is 41.1 Å². The Morgan fingerprint density at radius 3 is 2.07 bits per heavy atom. The minimum Gasteiger partial charge on any atom is -0.375 e. The van der Waals surface area contributed by atoms with E-state index in [0.717, 1.165) is 16.8 Å². The van der Waals surface area contributed by atoms with Gasteiger partial charge in [0.05, 0.1) is 30.2 Å². The van der Waals surface area contributed by atoms with Crippen LogP contribution in [0.15, 0.2) is 12.3 Å². The average molecular weight is 398 g/mol. The molecule has 6 nitrogen and oxygen atoms in total. The second-order valence-corrected chi connectivity index (χ2v) is 6.92. The first-order chi connectivity index (χ1) is 12.1. The maximum atomic E-state index is 13.2. The van der Waals surface area contributed by atoms with Gasteiger partial charge in [0.25, 0.3) is 0 Å². The molecule has 12 heteroatoms. The van der Waals surface area contributed by atoms with E-state index in [0.29, 0.717) is 13.8 Å². The van der Waals surface area contributed by atoms with Crippen molar-refractivity contribution in [1.82, 2.24) is 19.3 Å². The third-order valence-corrected chi connectivity index (χ3v) is 4.76. The Morgan fingerprint density at radius 1 is 1.00 bits per heavy atom. The Kier molecular flexibility index (Phi) is 3.99. The molecule has 1 aliphatic heterocycles. The van der Waals surface area contributed by atoms with E-state index in [4.69, 9.17) is 0 Å². The zero-order valence-electron chi connectivity index (χ0n) is 14.4. The monoisotopic (exact) mass is 398 g/mol. The van der Waals surface area contributed by atoms with Crippen molar-refractivity contribution in [3.8, 4) is 11.4 Å². The zero-order chi connectivity index (χ0) is 20.6. The van der Waals surface area contributed by atoms with Gasteiger partial charge in [-0.2, -0.15) is 31.4 Å². The highest BCUT2D eigenvalue weighted by molar-refractivity contribution is 5.58. The Hall–Kier alpha value is -2.08. The number of nitrogens with zero attached hydrogens (tertiary/aromatic N) is 4. The van der Waals surface area contributed by atoms with E-state index >= 15 is 0 Å². The van der Waals surface area contributed by atoms with Crippen molar-refractivity contribution in [2.45, 2.75) is 56.9 Å². The molecule has 2 aromatic heterocycles. The van der Waals surface area contributed by atoms with Crippen molar-refractivity contribution in [3.63, 3.8) is 0 Å². The molecule has 3 rings (SSSR count). The second-order valence-electron chi connectivity index (χ2n) is 6.92. The van der Waals surface area contributed by atoms with E-state index in [1.54, 1.807) is 0 Å². The number of alkyl halides is 6. The first-order valence-electron chi connectivity index (χ1n) is 7.83. The Balaban J connectivity index is 2.16. The normalized spacial score (nSPS) is 22.0. The molecule has 0 aromatic carbocycles. The van der Waals surface area contributed by atoms with Crippen LogP contribution in [0.5, 0.6) is 0 Å². The van der Waals surface area contributed by atoms with E-state index in [1.165, 1.54) is 11.6 Å². The van der Waals surface area contributed by atoms with Crippen LogP contribution in [0.25, 0.3) is 11.4 Å². The van der Waals surface area contributed by atoms with Gasteiger partial charge in [-0.3, -0.25) is 4.68 Å². The summed E-state index contributed by atoms with van der Waals surface area (Å²) in [7, 11) is 0. The summed E-state index contributed by atoms with van der Waals surface area (Å²) in [5, 5.41) is 23.5. The minimum absolute atomic E-state index is 0.0596. The lowest BCUT2D eigenvalue weighted by atomic mass is 10.0. The van der Waals surface area contributed by atoms with Gasteiger partial charge in [-0.05, 0) is 26.8 Å². The first-order valence-corrected chi connectivity index (χ1v) is 7.83. The van der Waals surface area contributed by atoms with Gasteiger partial charge < -0.3 is 14.8 Å². The molecule has 2 aromatic rings. The van der Waals surface area contributed by atoms with Crippen LogP contribution in [0.1, 0.15) is 38.3 Å².